The highest BCUT2D eigenvalue weighted by molar-refractivity contribution is 7.45. The molecule has 8 nitrogen and oxygen atoms in total. The number of aliphatic hydroxyl groups excluding tert-OH is 1. The Hall–Kier alpha value is -1.02. The van der Waals surface area contributed by atoms with E-state index in [2.05, 4.69) is 43.5 Å². The number of hydrogen-bond donors (Lipinski definition) is 2. The summed E-state index contributed by atoms with van der Waals surface area (Å²) in [6.07, 6.45) is 29.0. The van der Waals surface area contributed by atoms with E-state index in [0.29, 0.717) is 23.9 Å². The van der Waals surface area contributed by atoms with E-state index >= 15 is 0 Å². The molecule has 9 heteroatoms. The van der Waals surface area contributed by atoms with E-state index in [1.165, 1.54) is 51.4 Å². The number of phosphoric ester groups is 1. The fourth-order valence-electron chi connectivity index (χ4n) is 4.77. The van der Waals surface area contributed by atoms with Crippen molar-refractivity contribution < 1.29 is 32.9 Å². The summed E-state index contributed by atoms with van der Waals surface area (Å²) < 4.78 is 23.0. The molecular weight excluding hydrogens is 575 g/mol. The molecule has 0 rings (SSSR count). The summed E-state index contributed by atoms with van der Waals surface area (Å²) in [6.45, 7) is 4.60. The number of aliphatic hydroxyl groups is 1. The molecule has 0 bridgehead atoms. The second-order valence-corrected chi connectivity index (χ2v) is 14.6. The van der Waals surface area contributed by atoms with Crippen molar-refractivity contribution in [2.24, 2.45) is 0 Å². The molecule has 0 aromatic carbocycles. The zero-order valence-corrected chi connectivity index (χ0v) is 30.0. The molecule has 3 atom stereocenters. The number of quaternary nitrogens is 1. The van der Waals surface area contributed by atoms with Crippen LogP contribution in [-0.2, 0) is 18.4 Å². The SMILES string of the molecule is CCCCC/C=C\C/C=C\CCCCCCCC(=O)NC(COP(=O)([O-])OCC[N+](C)(C)C)C(O)CCCCCCCCC. The molecule has 44 heavy (non-hydrogen) atoms. The molecule has 3 unspecified atom stereocenters. The molecule has 0 fully saturated rings. The lowest BCUT2D eigenvalue weighted by atomic mass is 10.0. The van der Waals surface area contributed by atoms with Crippen molar-refractivity contribution in [3.05, 3.63) is 24.3 Å². The van der Waals surface area contributed by atoms with Crippen molar-refractivity contribution in [3.63, 3.8) is 0 Å². The number of amides is 1. The molecule has 260 valence electrons. The van der Waals surface area contributed by atoms with Gasteiger partial charge in [-0.15, -0.1) is 0 Å². The van der Waals surface area contributed by atoms with Crippen molar-refractivity contribution in [1.82, 2.24) is 5.32 Å². The van der Waals surface area contributed by atoms with Gasteiger partial charge in [-0.25, -0.2) is 0 Å². The van der Waals surface area contributed by atoms with Gasteiger partial charge in [0.15, 0.2) is 0 Å². The van der Waals surface area contributed by atoms with Gasteiger partial charge < -0.3 is 28.8 Å². The Morgan fingerprint density at radius 1 is 0.795 bits per heavy atom. The Bertz CT molecular complexity index is 784. The average molecular weight is 645 g/mol. The lowest BCUT2D eigenvalue weighted by molar-refractivity contribution is -0.870. The standard InChI is InChI=1S/C35H69N2O6P/c1-6-8-10-12-14-15-16-17-18-19-20-21-23-25-27-29-35(39)36-33(34(38)28-26-24-22-13-11-9-7-2)32-43-44(40,41)42-31-30-37(3,4)5/h14-15,17-18,33-34,38H,6-13,16,19-32H2,1-5H3,(H-,36,39,40,41)/b15-14-,18-17-. The predicted octanol–water partition coefficient (Wildman–Crippen LogP) is 7.99. The minimum atomic E-state index is -4.55. The quantitative estimate of drug-likeness (QED) is 0.0343. The number of hydrogen-bond acceptors (Lipinski definition) is 6. The van der Waals surface area contributed by atoms with Crippen LogP contribution in [0.5, 0.6) is 0 Å². The summed E-state index contributed by atoms with van der Waals surface area (Å²) in [4.78, 5) is 25.0. The Kier molecular flexibility index (Phi) is 27.6. The number of nitrogens with one attached hydrogen (secondary N) is 1. The van der Waals surface area contributed by atoms with Crippen LogP contribution in [0.3, 0.4) is 0 Å². The molecule has 0 aliphatic heterocycles. The van der Waals surface area contributed by atoms with Gasteiger partial charge in [-0.1, -0.05) is 115 Å². The third kappa shape index (κ3) is 29.7. The highest BCUT2D eigenvalue weighted by atomic mass is 31.2. The summed E-state index contributed by atoms with van der Waals surface area (Å²) in [5, 5.41) is 13.7. The molecule has 0 aromatic rings. The van der Waals surface area contributed by atoms with Crippen molar-refractivity contribution in [1.29, 1.82) is 0 Å². The van der Waals surface area contributed by atoms with Crippen molar-refractivity contribution in [3.8, 4) is 0 Å². The van der Waals surface area contributed by atoms with Crippen LogP contribution in [0, 0.1) is 0 Å². The van der Waals surface area contributed by atoms with Crippen molar-refractivity contribution in [2.75, 3.05) is 40.9 Å². The molecule has 0 aliphatic rings. The number of phosphoric acid groups is 1. The van der Waals surface area contributed by atoms with Gasteiger partial charge in [-0.2, -0.15) is 0 Å². The number of carbonyl (C=O) groups is 1. The van der Waals surface area contributed by atoms with Crippen LogP contribution in [0.4, 0.5) is 0 Å². The zero-order valence-electron chi connectivity index (χ0n) is 29.1. The van der Waals surface area contributed by atoms with Crippen LogP contribution in [0.1, 0.15) is 142 Å². The van der Waals surface area contributed by atoms with Gasteiger partial charge in [0.05, 0.1) is 39.9 Å². The van der Waals surface area contributed by atoms with Crippen molar-refractivity contribution in [2.45, 2.75) is 154 Å². The van der Waals surface area contributed by atoms with E-state index in [9.17, 15) is 19.4 Å². The van der Waals surface area contributed by atoms with E-state index in [4.69, 9.17) is 9.05 Å². The molecule has 1 amide bonds. The van der Waals surface area contributed by atoms with Gasteiger partial charge in [0.2, 0.25) is 5.91 Å². The maximum atomic E-state index is 12.7. The molecule has 0 spiro atoms. The van der Waals surface area contributed by atoms with Crippen LogP contribution in [0.2, 0.25) is 0 Å². The molecule has 0 saturated carbocycles. The first kappa shape index (κ1) is 43.0. The Morgan fingerprint density at radius 3 is 1.93 bits per heavy atom. The number of unbranched alkanes of at least 4 members (excludes halogenated alkanes) is 14. The molecular formula is C35H69N2O6P. The van der Waals surface area contributed by atoms with Gasteiger partial charge in [-0.05, 0) is 44.9 Å². The number of carbonyl (C=O) groups excluding carboxylic acids is 1. The van der Waals surface area contributed by atoms with Crippen molar-refractivity contribution >= 4 is 13.7 Å². The summed E-state index contributed by atoms with van der Waals surface area (Å²) in [7, 11) is 1.29. The Labute approximate surface area is 271 Å². The van der Waals surface area contributed by atoms with Gasteiger partial charge in [0, 0.05) is 6.42 Å². The normalized spacial score (nSPS) is 15.2. The van der Waals surface area contributed by atoms with E-state index in [1.807, 2.05) is 21.1 Å². The summed E-state index contributed by atoms with van der Waals surface area (Å²) in [5.74, 6) is -0.186. The van der Waals surface area contributed by atoms with Gasteiger partial charge in [0.25, 0.3) is 7.82 Å². The van der Waals surface area contributed by atoms with Gasteiger partial charge >= 0.3 is 0 Å². The van der Waals surface area contributed by atoms with Crippen LogP contribution in [0.25, 0.3) is 0 Å². The highest BCUT2D eigenvalue weighted by Gasteiger charge is 2.24. The third-order valence-corrected chi connectivity index (χ3v) is 8.66. The summed E-state index contributed by atoms with van der Waals surface area (Å²) in [5.41, 5.74) is 0. The number of allylic oxidation sites excluding steroid dienone is 4. The first-order chi connectivity index (χ1) is 21.0. The molecule has 0 saturated heterocycles. The third-order valence-electron chi connectivity index (χ3n) is 7.69. The lowest BCUT2D eigenvalue weighted by Crippen LogP contribution is -2.46. The van der Waals surface area contributed by atoms with Crippen LogP contribution >= 0.6 is 7.82 Å². The zero-order chi connectivity index (χ0) is 32.9. The first-order valence-electron chi connectivity index (χ1n) is 17.7. The minimum Gasteiger partial charge on any atom is -0.756 e. The van der Waals surface area contributed by atoms with Crippen LogP contribution in [0.15, 0.2) is 24.3 Å². The maximum absolute atomic E-state index is 12.7. The molecule has 0 aromatic heterocycles. The second-order valence-electron chi connectivity index (χ2n) is 13.2. The summed E-state index contributed by atoms with van der Waals surface area (Å²) in [6, 6.07) is -0.801. The molecule has 0 radical (unpaired) electrons. The monoisotopic (exact) mass is 644 g/mol. The molecule has 2 N–H and O–H groups in total. The van der Waals surface area contributed by atoms with Crippen LogP contribution in [-0.4, -0.2) is 68.5 Å². The van der Waals surface area contributed by atoms with E-state index in [1.54, 1.807) is 0 Å². The predicted molar refractivity (Wildman–Crippen MR) is 182 cm³/mol. The smallest absolute Gasteiger partial charge is 0.268 e. The molecule has 0 heterocycles. The number of nitrogens with zero attached hydrogens (tertiary/aromatic N) is 1. The topological polar surface area (TPSA) is 108 Å². The minimum absolute atomic E-state index is 0.00864. The highest BCUT2D eigenvalue weighted by Crippen LogP contribution is 2.38. The second kappa shape index (κ2) is 28.2. The van der Waals surface area contributed by atoms with E-state index < -0.39 is 20.0 Å². The summed E-state index contributed by atoms with van der Waals surface area (Å²) >= 11 is 0. The largest absolute Gasteiger partial charge is 0.756 e. The number of likely N-dealkylation sites (N-methyl/N-ethyl adjacent to an activating group) is 1. The first-order valence-corrected chi connectivity index (χ1v) is 19.1. The average Bonchev–Trinajstić information content (AvgIpc) is 2.95. The maximum Gasteiger partial charge on any atom is 0.268 e. The molecule has 0 aliphatic carbocycles. The van der Waals surface area contributed by atoms with E-state index in [0.717, 1.165) is 64.2 Å². The Morgan fingerprint density at radius 2 is 1.32 bits per heavy atom. The lowest BCUT2D eigenvalue weighted by Gasteiger charge is -2.30. The van der Waals surface area contributed by atoms with Crippen LogP contribution < -0.4 is 10.2 Å². The van der Waals surface area contributed by atoms with E-state index in [-0.39, 0.29) is 19.1 Å². The van der Waals surface area contributed by atoms with Gasteiger partial charge in [0.1, 0.15) is 13.2 Å². The number of rotatable bonds is 31. The fourth-order valence-corrected chi connectivity index (χ4v) is 5.49. The Balaban J connectivity index is 4.45. The fraction of sp³-hybridized carbons (Fsp3) is 0.857. The van der Waals surface area contributed by atoms with Gasteiger partial charge in [-0.3, -0.25) is 9.36 Å².